The maximum Gasteiger partial charge on any atom is 0.303 e. The van der Waals surface area contributed by atoms with Crippen molar-refractivity contribution in [2.45, 2.75) is 33.8 Å². The first-order valence-electron chi connectivity index (χ1n) is 3.84. The number of rotatable bonds is 2. The summed E-state index contributed by atoms with van der Waals surface area (Å²) in [6.07, 6.45) is 1.63. The lowest BCUT2D eigenvalue weighted by Gasteiger charge is -2.06. The summed E-state index contributed by atoms with van der Waals surface area (Å²) in [5.74, 6) is 5.37. The molecule has 0 aromatic rings. The summed E-state index contributed by atoms with van der Waals surface area (Å²) in [5, 5.41) is 0. The first kappa shape index (κ1) is 10.8. The van der Waals surface area contributed by atoms with E-state index in [1.807, 2.05) is 19.9 Å². The van der Waals surface area contributed by atoms with Gasteiger partial charge in [0.2, 0.25) is 0 Å². The van der Waals surface area contributed by atoms with E-state index < -0.39 is 0 Å². The van der Waals surface area contributed by atoms with Crippen LogP contribution in [0.2, 0.25) is 0 Å². The van der Waals surface area contributed by atoms with Crippen molar-refractivity contribution in [1.82, 2.24) is 0 Å². The minimum Gasteiger partial charge on any atom is -0.459 e. The van der Waals surface area contributed by atoms with Crippen molar-refractivity contribution < 1.29 is 9.53 Å². The lowest BCUT2D eigenvalue weighted by atomic mass is 10.2. The molecule has 0 spiro atoms. The Balaban J connectivity index is 4.10. The molecular weight excluding hydrogens is 152 g/mol. The molecule has 1 unspecified atom stereocenters. The zero-order valence-electron chi connectivity index (χ0n) is 7.97. The maximum absolute atomic E-state index is 10.5. The molecule has 0 aliphatic heterocycles. The zero-order chi connectivity index (χ0) is 9.56. The maximum atomic E-state index is 10.5. The fourth-order valence-corrected chi connectivity index (χ4v) is 0.887. The number of hydrogen-bond acceptors (Lipinski definition) is 2. The van der Waals surface area contributed by atoms with Crippen LogP contribution >= 0.6 is 0 Å². The molecule has 12 heavy (non-hydrogen) atoms. The molecule has 0 aliphatic carbocycles. The van der Waals surface area contributed by atoms with Crippen LogP contribution in [-0.4, -0.2) is 12.1 Å². The molecular formula is C10H14O2. The molecule has 66 valence electrons. The van der Waals surface area contributed by atoms with Gasteiger partial charge in [0.1, 0.15) is 6.10 Å². The second kappa shape index (κ2) is 5.42. The van der Waals surface area contributed by atoms with Gasteiger partial charge in [0.25, 0.3) is 0 Å². The molecule has 0 saturated carbocycles. The van der Waals surface area contributed by atoms with E-state index in [1.54, 1.807) is 6.92 Å². The van der Waals surface area contributed by atoms with Crippen molar-refractivity contribution in [2.75, 3.05) is 0 Å². The third-order valence-corrected chi connectivity index (χ3v) is 1.16. The largest absolute Gasteiger partial charge is 0.459 e. The normalized spacial score (nSPS) is 12.8. The number of carbonyl (C=O) groups excluding carboxylic acids is 1. The van der Waals surface area contributed by atoms with Gasteiger partial charge < -0.3 is 4.74 Å². The van der Waals surface area contributed by atoms with Crippen LogP contribution in [0.3, 0.4) is 0 Å². The Kier molecular flexibility index (Phi) is 4.87. The van der Waals surface area contributed by atoms with Crippen molar-refractivity contribution in [1.29, 1.82) is 0 Å². The van der Waals surface area contributed by atoms with Crippen LogP contribution in [0, 0.1) is 11.8 Å². The highest BCUT2D eigenvalue weighted by molar-refractivity contribution is 5.66. The van der Waals surface area contributed by atoms with Crippen molar-refractivity contribution in [2.24, 2.45) is 0 Å². The van der Waals surface area contributed by atoms with E-state index in [2.05, 4.69) is 11.8 Å². The Morgan fingerprint density at radius 3 is 2.50 bits per heavy atom. The SMILES string of the molecule is CC#C/C(C)=C\C(C)OC(C)=O. The van der Waals surface area contributed by atoms with Crippen LogP contribution in [0.5, 0.6) is 0 Å². The quantitative estimate of drug-likeness (QED) is 0.462. The lowest BCUT2D eigenvalue weighted by molar-refractivity contribution is -0.143. The molecule has 0 fully saturated rings. The van der Waals surface area contributed by atoms with E-state index in [4.69, 9.17) is 4.74 Å². The van der Waals surface area contributed by atoms with Gasteiger partial charge in [0.05, 0.1) is 0 Å². The van der Waals surface area contributed by atoms with E-state index in [-0.39, 0.29) is 12.1 Å². The minimum atomic E-state index is -0.268. The zero-order valence-corrected chi connectivity index (χ0v) is 7.97. The van der Waals surface area contributed by atoms with E-state index in [0.717, 1.165) is 5.57 Å². The van der Waals surface area contributed by atoms with Gasteiger partial charge in [-0.3, -0.25) is 4.79 Å². The predicted molar refractivity (Wildman–Crippen MR) is 48.4 cm³/mol. The summed E-state index contributed by atoms with van der Waals surface area (Å²) in [4.78, 5) is 10.5. The van der Waals surface area contributed by atoms with Gasteiger partial charge >= 0.3 is 5.97 Å². The molecule has 0 saturated heterocycles. The average Bonchev–Trinajstić information content (AvgIpc) is 1.84. The van der Waals surface area contributed by atoms with Gasteiger partial charge in [0, 0.05) is 6.92 Å². The molecule has 0 aromatic heterocycles. The fraction of sp³-hybridized carbons (Fsp3) is 0.500. The molecule has 0 amide bonds. The van der Waals surface area contributed by atoms with Crippen LogP contribution in [-0.2, 0) is 9.53 Å². The topological polar surface area (TPSA) is 26.3 Å². The average molecular weight is 166 g/mol. The minimum absolute atomic E-state index is 0.191. The van der Waals surface area contributed by atoms with Crippen LogP contribution < -0.4 is 0 Å². The third kappa shape index (κ3) is 5.55. The molecule has 2 heteroatoms. The van der Waals surface area contributed by atoms with E-state index in [0.29, 0.717) is 0 Å². The number of ether oxygens (including phenoxy) is 1. The predicted octanol–water partition coefficient (Wildman–Crippen LogP) is 1.91. The third-order valence-electron chi connectivity index (χ3n) is 1.16. The number of allylic oxidation sites excluding steroid dienone is 1. The summed E-state index contributed by atoms with van der Waals surface area (Å²) in [6, 6.07) is 0. The Hall–Kier alpha value is -1.23. The summed E-state index contributed by atoms with van der Waals surface area (Å²) in [6.45, 7) is 6.86. The summed E-state index contributed by atoms with van der Waals surface area (Å²) < 4.78 is 4.88. The standard InChI is InChI=1S/C10H14O2/c1-5-6-8(2)7-9(3)12-10(4)11/h7,9H,1-4H3/b8-7-. The highest BCUT2D eigenvalue weighted by Gasteiger charge is 2.00. The van der Waals surface area contributed by atoms with Crippen LogP contribution in [0.25, 0.3) is 0 Å². The molecule has 0 heterocycles. The first-order valence-corrected chi connectivity index (χ1v) is 3.84. The van der Waals surface area contributed by atoms with Crippen molar-refractivity contribution in [3.05, 3.63) is 11.6 Å². The lowest BCUT2D eigenvalue weighted by Crippen LogP contribution is -2.09. The number of esters is 1. The van der Waals surface area contributed by atoms with Gasteiger partial charge in [-0.15, -0.1) is 5.92 Å². The monoisotopic (exact) mass is 166 g/mol. The van der Waals surface area contributed by atoms with Crippen LogP contribution in [0.1, 0.15) is 27.7 Å². The molecule has 0 aromatic carbocycles. The Morgan fingerprint density at radius 1 is 1.50 bits per heavy atom. The van der Waals surface area contributed by atoms with Gasteiger partial charge in [-0.1, -0.05) is 5.92 Å². The highest BCUT2D eigenvalue weighted by atomic mass is 16.5. The summed E-state index contributed by atoms with van der Waals surface area (Å²) >= 11 is 0. The molecule has 0 aliphatic rings. The molecule has 0 N–H and O–H groups in total. The highest BCUT2D eigenvalue weighted by Crippen LogP contribution is 1.98. The molecule has 2 nitrogen and oxygen atoms in total. The number of hydrogen-bond donors (Lipinski definition) is 0. The second-order valence-corrected chi connectivity index (χ2v) is 2.54. The van der Waals surface area contributed by atoms with Crippen molar-refractivity contribution in [3.8, 4) is 11.8 Å². The summed E-state index contributed by atoms with van der Waals surface area (Å²) in [5.41, 5.74) is 0.922. The van der Waals surface area contributed by atoms with E-state index >= 15 is 0 Å². The summed E-state index contributed by atoms with van der Waals surface area (Å²) in [7, 11) is 0. The Bertz CT molecular complexity index is 240. The second-order valence-electron chi connectivity index (χ2n) is 2.54. The van der Waals surface area contributed by atoms with E-state index in [1.165, 1.54) is 6.92 Å². The van der Waals surface area contributed by atoms with Crippen molar-refractivity contribution >= 4 is 5.97 Å². The Morgan fingerprint density at radius 2 is 2.08 bits per heavy atom. The molecule has 1 atom stereocenters. The van der Waals surface area contributed by atoms with Crippen LogP contribution in [0.15, 0.2) is 11.6 Å². The fourth-order valence-electron chi connectivity index (χ4n) is 0.887. The molecule has 0 rings (SSSR count). The molecule has 0 radical (unpaired) electrons. The van der Waals surface area contributed by atoms with E-state index in [9.17, 15) is 4.79 Å². The number of carbonyl (C=O) groups is 1. The molecule has 0 bridgehead atoms. The van der Waals surface area contributed by atoms with Gasteiger partial charge in [-0.05, 0) is 32.4 Å². The van der Waals surface area contributed by atoms with Crippen LogP contribution in [0.4, 0.5) is 0 Å². The first-order chi connectivity index (χ1) is 5.56. The van der Waals surface area contributed by atoms with Gasteiger partial charge in [0.15, 0.2) is 0 Å². The van der Waals surface area contributed by atoms with Gasteiger partial charge in [-0.2, -0.15) is 0 Å². The Labute approximate surface area is 73.6 Å². The van der Waals surface area contributed by atoms with Crippen molar-refractivity contribution in [3.63, 3.8) is 0 Å². The van der Waals surface area contributed by atoms with Gasteiger partial charge in [-0.25, -0.2) is 0 Å². The smallest absolute Gasteiger partial charge is 0.303 e.